The molecule has 1 heterocycles. The summed E-state index contributed by atoms with van der Waals surface area (Å²) in [6.45, 7) is 4.05. The van der Waals surface area contributed by atoms with Gasteiger partial charge in [0.05, 0.1) is 19.1 Å². The molecule has 1 aliphatic rings. The van der Waals surface area contributed by atoms with Gasteiger partial charge in [0.1, 0.15) is 5.82 Å². The smallest absolute Gasteiger partial charge is 0.324 e. The Labute approximate surface area is 162 Å². The molecule has 7 heteroatoms. The molecule has 0 bridgehead atoms. The molecule has 6 nitrogen and oxygen atoms in total. The van der Waals surface area contributed by atoms with Crippen molar-refractivity contribution in [2.45, 2.75) is 26.4 Å². The molecule has 0 aromatic heterocycles. The summed E-state index contributed by atoms with van der Waals surface area (Å²) in [5, 5.41) is 5.45. The van der Waals surface area contributed by atoms with Crippen molar-refractivity contribution < 1.29 is 18.8 Å². The molecule has 0 spiro atoms. The van der Waals surface area contributed by atoms with E-state index in [-0.39, 0.29) is 42.7 Å². The number of urea groups is 1. The lowest BCUT2D eigenvalue weighted by molar-refractivity contribution is -0.125. The van der Waals surface area contributed by atoms with E-state index in [9.17, 15) is 18.8 Å². The topological polar surface area (TPSA) is 78.5 Å². The van der Waals surface area contributed by atoms with Crippen LogP contribution < -0.4 is 10.6 Å². The number of hydrogen-bond acceptors (Lipinski definition) is 3. The van der Waals surface area contributed by atoms with Crippen LogP contribution >= 0.6 is 0 Å². The molecule has 1 fully saturated rings. The molecule has 0 aliphatic carbocycles. The van der Waals surface area contributed by atoms with Crippen LogP contribution in [0.5, 0.6) is 0 Å². The van der Waals surface area contributed by atoms with Gasteiger partial charge >= 0.3 is 6.03 Å². The number of nitrogens with one attached hydrogen (secondary N) is 2. The number of nitrogens with zero attached hydrogens (tertiary/aromatic N) is 1. The van der Waals surface area contributed by atoms with Crippen molar-refractivity contribution in [3.8, 4) is 0 Å². The predicted molar refractivity (Wildman–Crippen MR) is 102 cm³/mol. The van der Waals surface area contributed by atoms with E-state index in [1.807, 2.05) is 13.8 Å². The molecule has 146 valence electrons. The number of halogens is 1. The summed E-state index contributed by atoms with van der Waals surface area (Å²) in [5.74, 6) is -0.799. The monoisotopic (exact) mass is 383 g/mol. The zero-order valence-electron chi connectivity index (χ0n) is 15.7. The molecule has 3 rings (SSSR count). The Morgan fingerprint density at radius 1 is 1.18 bits per heavy atom. The minimum Gasteiger partial charge on any atom is -0.345 e. The summed E-state index contributed by atoms with van der Waals surface area (Å²) in [7, 11) is 0. The van der Waals surface area contributed by atoms with Crippen molar-refractivity contribution in [2.24, 2.45) is 5.92 Å². The highest BCUT2D eigenvalue weighted by atomic mass is 19.1. The first-order valence-corrected chi connectivity index (χ1v) is 9.08. The second-order valence-corrected chi connectivity index (χ2v) is 7.09. The van der Waals surface area contributed by atoms with Gasteiger partial charge in [-0.25, -0.2) is 9.18 Å². The number of carbonyl (C=O) groups is 3. The van der Waals surface area contributed by atoms with E-state index in [1.54, 1.807) is 36.4 Å². The van der Waals surface area contributed by atoms with Gasteiger partial charge in [-0.15, -0.1) is 0 Å². The lowest BCUT2D eigenvalue weighted by atomic mass is 9.95. The van der Waals surface area contributed by atoms with E-state index in [1.165, 1.54) is 12.1 Å². The minimum absolute atomic E-state index is 0.00719. The maximum absolute atomic E-state index is 13.2. The summed E-state index contributed by atoms with van der Waals surface area (Å²) in [6.07, 6.45) is 0. The van der Waals surface area contributed by atoms with Crippen molar-refractivity contribution in [1.82, 2.24) is 15.5 Å². The predicted octanol–water partition coefficient (Wildman–Crippen LogP) is 3.00. The van der Waals surface area contributed by atoms with Crippen LogP contribution in [0.3, 0.4) is 0 Å². The van der Waals surface area contributed by atoms with Gasteiger partial charge in [-0.05, 0) is 41.3 Å². The van der Waals surface area contributed by atoms with E-state index in [0.29, 0.717) is 11.1 Å². The SMILES string of the molecule is CC(C)[C@@H](NC(=O)c1cccc(CN2C(=O)CNC2=O)c1)c1ccc(F)cc1. The van der Waals surface area contributed by atoms with Crippen molar-refractivity contribution in [2.75, 3.05) is 6.54 Å². The van der Waals surface area contributed by atoms with Crippen molar-refractivity contribution in [3.63, 3.8) is 0 Å². The van der Waals surface area contributed by atoms with Gasteiger partial charge < -0.3 is 10.6 Å². The third-order valence-electron chi connectivity index (χ3n) is 4.65. The number of amides is 4. The lowest BCUT2D eigenvalue weighted by Gasteiger charge is -2.23. The number of carbonyl (C=O) groups excluding carboxylic acids is 3. The number of hydrogen-bond donors (Lipinski definition) is 2. The van der Waals surface area contributed by atoms with Crippen LogP contribution in [0, 0.1) is 11.7 Å². The van der Waals surface area contributed by atoms with Crippen LogP contribution in [-0.2, 0) is 11.3 Å². The quantitative estimate of drug-likeness (QED) is 0.753. The van der Waals surface area contributed by atoms with Gasteiger partial charge in [-0.2, -0.15) is 0 Å². The second-order valence-electron chi connectivity index (χ2n) is 7.09. The molecule has 1 aliphatic heterocycles. The minimum atomic E-state index is -0.434. The van der Waals surface area contributed by atoms with Gasteiger partial charge in [0.15, 0.2) is 0 Å². The third-order valence-corrected chi connectivity index (χ3v) is 4.65. The van der Waals surface area contributed by atoms with Crippen LogP contribution in [0.1, 0.15) is 41.4 Å². The van der Waals surface area contributed by atoms with Crippen LogP contribution in [0.15, 0.2) is 48.5 Å². The first-order valence-electron chi connectivity index (χ1n) is 9.08. The van der Waals surface area contributed by atoms with Crippen molar-refractivity contribution in [3.05, 3.63) is 71.0 Å². The van der Waals surface area contributed by atoms with Crippen LogP contribution in [0.25, 0.3) is 0 Å². The Kier molecular flexibility index (Phi) is 5.73. The van der Waals surface area contributed by atoms with E-state index < -0.39 is 6.03 Å². The summed E-state index contributed by atoms with van der Waals surface area (Å²) in [4.78, 5) is 37.3. The third kappa shape index (κ3) is 4.36. The number of rotatable bonds is 6. The van der Waals surface area contributed by atoms with E-state index in [0.717, 1.165) is 10.5 Å². The Morgan fingerprint density at radius 2 is 1.89 bits per heavy atom. The Bertz CT molecular complexity index is 880. The molecule has 2 aromatic rings. The van der Waals surface area contributed by atoms with Gasteiger partial charge in [-0.3, -0.25) is 14.5 Å². The molecule has 0 unspecified atom stereocenters. The largest absolute Gasteiger partial charge is 0.345 e. The fraction of sp³-hybridized carbons (Fsp3) is 0.286. The average Bonchev–Trinajstić information content (AvgIpc) is 2.99. The van der Waals surface area contributed by atoms with Gasteiger partial charge in [0.25, 0.3) is 5.91 Å². The Hall–Kier alpha value is -3.22. The number of benzene rings is 2. The summed E-state index contributed by atoms with van der Waals surface area (Å²) < 4.78 is 13.2. The maximum atomic E-state index is 13.2. The van der Waals surface area contributed by atoms with Gasteiger partial charge in [0, 0.05) is 5.56 Å². The molecule has 0 radical (unpaired) electrons. The van der Waals surface area contributed by atoms with Crippen LogP contribution in [0.4, 0.5) is 9.18 Å². The Morgan fingerprint density at radius 3 is 2.50 bits per heavy atom. The first-order chi connectivity index (χ1) is 13.3. The molecule has 1 saturated heterocycles. The molecule has 28 heavy (non-hydrogen) atoms. The summed E-state index contributed by atoms with van der Waals surface area (Å²) in [6, 6.07) is 12.2. The molecule has 4 amide bonds. The average molecular weight is 383 g/mol. The molecule has 0 saturated carbocycles. The van der Waals surface area contributed by atoms with Gasteiger partial charge in [-0.1, -0.05) is 38.1 Å². The van der Waals surface area contributed by atoms with Crippen molar-refractivity contribution >= 4 is 17.8 Å². The molecular weight excluding hydrogens is 361 g/mol. The molecule has 1 atom stereocenters. The zero-order valence-corrected chi connectivity index (χ0v) is 15.7. The van der Waals surface area contributed by atoms with E-state index >= 15 is 0 Å². The Balaban J connectivity index is 1.75. The highest BCUT2D eigenvalue weighted by Crippen LogP contribution is 2.23. The van der Waals surface area contributed by atoms with E-state index in [2.05, 4.69) is 10.6 Å². The highest BCUT2D eigenvalue weighted by Gasteiger charge is 2.28. The summed E-state index contributed by atoms with van der Waals surface area (Å²) >= 11 is 0. The maximum Gasteiger partial charge on any atom is 0.324 e. The fourth-order valence-electron chi connectivity index (χ4n) is 3.14. The first kappa shape index (κ1) is 19.5. The molecular formula is C21H22FN3O3. The van der Waals surface area contributed by atoms with Crippen molar-refractivity contribution in [1.29, 1.82) is 0 Å². The van der Waals surface area contributed by atoms with Gasteiger partial charge in [0.2, 0.25) is 5.91 Å². The highest BCUT2D eigenvalue weighted by molar-refractivity contribution is 6.02. The van der Waals surface area contributed by atoms with E-state index in [4.69, 9.17) is 0 Å². The lowest BCUT2D eigenvalue weighted by Crippen LogP contribution is -2.32. The normalized spacial score (nSPS) is 14.9. The summed E-state index contributed by atoms with van der Waals surface area (Å²) in [5.41, 5.74) is 1.93. The van der Waals surface area contributed by atoms with Crippen LogP contribution in [-0.4, -0.2) is 29.3 Å². The second kappa shape index (κ2) is 8.21. The molecule has 2 N–H and O–H groups in total. The molecule has 2 aromatic carbocycles. The fourth-order valence-corrected chi connectivity index (χ4v) is 3.14. The standard InChI is InChI=1S/C21H22FN3O3/c1-13(2)19(15-6-8-17(22)9-7-15)24-20(27)16-5-3-4-14(10-16)12-25-18(26)11-23-21(25)28/h3-10,13,19H,11-12H2,1-2H3,(H,23,28)(H,24,27)/t19-/m1/s1. The van der Waals surface area contributed by atoms with Crippen LogP contribution in [0.2, 0.25) is 0 Å². The number of imide groups is 1. The zero-order chi connectivity index (χ0) is 20.3.